The van der Waals surface area contributed by atoms with E-state index in [-0.39, 0.29) is 4.90 Å². The lowest BCUT2D eigenvalue weighted by Gasteiger charge is -2.27. The Labute approximate surface area is 175 Å². The summed E-state index contributed by atoms with van der Waals surface area (Å²) in [6.45, 7) is 3.54. The van der Waals surface area contributed by atoms with Gasteiger partial charge in [-0.1, -0.05) is 19.1 Å². The third-order valence-corrected chi connectivity index (χ3v) is 6.87. The molecule has 158 valence electrons. The zero-order chi connectivity index (χ0) is 22.2. The lowest BCUT2D eigenvalue weighted by Crippen LogP contribution is -2.46. The van der Waals surface area contributed by atoms with Gasteiger partial charge < -0.3 is 5.32 Å². The number of nitrogens with zero attached hydrogens (tertiary/aromatic N) is 2. The number of benzene rings is 2. The Morgan fingerprint density at radius 3 is 2.30 bits per heavy atom. The fourth-order valence-electron chi connectivity index (χ4n) is 3.42. The van der Waals surface area contributed by atoms with E-state index >= 15 is 0 Å². The normalized spacial score (nSPS) is 14.8. The fraction of sp³-hybridized carbons (Fsp3) is 0.286. The van der Waals surface area contributed by atoms with Gasteiger partial charge in [-0.25, -0.2) is 12.7 Å². The predicted octanol–water partition coefficient (Wildman–Crippen LogP) is 2.19. The number of anilines is 2. The molecule has 0 radical (unpaired) electrons. The minimum absolute atomic E-state index is 0.0995. The number of nitrogens with one attached hydrogen (secondary N) is 1. The molecule has 0 saturated heterocycles. The highest BCUT2D eigenvalue weighted by Crippen LogP contribution is 2.34. The number of sulfonamides is 1. The van der Waals surface area contributed by atoms with Crippen LogP contribution >= 0.6 is 0 Å². The van der Waals surface area contributed by atoms with Crippen LogP contribution in [0.25, 0.3) is 0 Å². The number of ketones is 1. The van der Waals surface area contributed by atoms with E-state index in [1.165, 1.54) is 43.3 Å². The highest BCUT2D eigenvalue weighted by Gasteiger charge is 2.42. The number of rotatable bonds is 6. The lowest BCUT2D eigenvalue weighted by molar-refractivity contribution is -0.121. The van der Waals surface area contributed by atoms with Crippen LogP contribution in [0, 0.1) is 6.92 Å². The first-order valence-electron chi connectivity index (χ1n) is 9.40. The van der Waals surface area contributed by atoms with Crippen molar-refractivity contribution in [3.63, 3.8) is 0 Å². The van der Waals surface area contributed by atoms with Gasteiger partial charge in [-0.2, -0.15) is 0 Å². The molecule has 1 N–H and O–H groups in total. The summed E-state index contributed by atoms with van der Waals surface area (Å²) >= 11 is 0. The standard InChI is InChI=1S/C21H23N3O5S/c1-5-17(24-18-13(2)7-6-8-16(18)19(25)21(24)27)20(26)22-14-9-11-15(12-10-14)30(28,29)23(3)4/h6-12,17H,5H2,1-4H3,(H,22,26). The third-order valence-electron chi connectivity index (χ3n) is 5.04. The van der Waals surface area contributed by atoms with Crippen molar-refractivity contribution in [2.75, 3.05) is 24.3 Å². The third kappa shape index (κ3) is 3.61. The van der Waals surface area contributed by atoms with E-state index in [0.29, 0.717) is 23.4 Å². The van der Waals surface area contributed by atoms with E-state index in [4.69, 9.17) is 0 Å². The van der Waals surface area contributed by atoms with Gasteiger partial charge >= 0.3 is 0 Å². The second kappa shape index (κ2) is 8.00. The molecule has 2 aromatic rings. The smallest absolute Gasteiger partial charge is 0.300 e. The van der Waals surface area contributed by atoms with E-state index in [9.17, 15) is 22.8 Å². The topological polar surface area (TPSA) is 104 Å². The summed E-state index contributed by atoms with van der Waals surface area (Å²) < 4.78 is 25.4. The van der Waals surface area contributed by atoms with Crippen LogP contribution in [0.2, 0.25) is 0 Å². The summed E-state index contributed by atoms with van der Waals surface area (Å²) in [5.41, 5.74) is 1.88. The highest BCUT2D eigenvalue weighted by molar-refractivity contribution is 7.89. The maximum absolute atomic E-state index is 13.0. The van der Waals surface area contributed by atoms with Crippen molar-refractivity contribution in [2.45, 2.75) is 31.2 Å². The number of para-hydroxylation sites is 1. The molecule has 1 aliphatic heterocycles. The van der Waals surface area contributed by atoms with Gasteiger partial charge in [0.25, 0.3) is 11.7 Å². The van der Waals surface area contributed by atoms with Crippen molar-refractivity contribution < 1.29 is 22.8 Å². The second-order valence-corrected chi connectivity index (χ2v) is 9.35. The molecule has 0 saturated carbocycles. The predicted molar refractivity (Wildman–Crippen MR) is 113 cm³/mol. The first-order valence-corrected chi connectivity index (χ1v) is 10.8. The van der Waals surface area contributed by atoms with Crippen molar-refractivity contribution >= 4 is 39.0 Å². The van der Waals surface area contributed by atoms with Crippen LogP contribution in [0.15, 0.2) is 47.4 Å². The molecule has 0 aliphatic carbocycles. The van der Waals surface area contributed by atoms with Crippen molar-refractivity contribution in [2.24, 2.45) is 0 Å². The number of hydrogen-bond acceptors (Lipinski definition) is 5. The van der Waals surface area contributed by atoms with Gasteiger partial charge in [0.2, 0.25) is 15.9 Å². The Balaban J connectivity index is 1.87. The largest absolute Gasteiger partial charge is 0.324 e. The van der Waals surface area contributed by atoms with E-state index in [1.54, 1.807) is 32.0 Å². The lowest BCUT2D eigenvalue weighted by atomic mass is 10.1. The Hall–Kier alpha value is -3.04. The molecule has 8 nitrogen and oxygen atoms in total. The Morgan fingerprint density at radius 2 is 1.73 bits per heavy atom. The number of hydrogen-bond donors (Lipinski definition) is 1. The Bertz CT molecular complexity index is 1120. The number of aryl methyl sites for hydroxylation is 1. The SMILES string of the molecule is CCC(C(=O)Nc1ccc(S(=O)(=O)N(C)C)cc1)N1C(=O)C(=O)c2cccc(C)c21. The van der Waals surface area contributed by atoms with E-state index in [2.05, 4.69) is 5.32 Å². The molecule has 3 rings (SSSR count). The Morgan fingerprint density at radius 1 is 1.10 bits per heavy atom. The van der Waals surface area contributed by atoms with Crippen LogP contribution in [0.3, 0.4) is 0 Å². The van der Waals surface area contributed by atoms with Crippen LogP contribution in [-0.4, -0.2) is 50.5 Å². The van der Waals surface area contributed by atoms with Crippen molar-refractivity contribution in [3.8, 4) is 0 Å². The van der Waals surface area contributed by atoms with E-state index in [1.807, 2.05) is 0 Å². The number of fused-ring (bicyclic) bond motifs is 1. The van der Waals surface area contributed by atoms with E-state index in [0.717, 1.165) is 9.87 Å². The number of amides is 2. The average molecular weight is 429 g/mol. The van der Waals surface area contributed by atoms with Gasteiger partial charge in [0.15, 0.2) is 0 Å². The molecule has 2 aromatic carbocycles. The molecule has 1 unspecified atom stereocenters. The van der Waals surface area contributed by atoms with Crippen molar-refractivity contribution in [3.05, 3.63) is 53.6 Å². The molecule has 0 bridgehead atoms. The molecule has 1 atom stereocenters. The summed E-state index contributed by atoms with van der Waals surface area (Å²) in [6.07, 6.45) is 0.297. The molecule has 9 heteroatoms. The molecule has 2 amide bonds. The molecular weight excluding hydrogens is 406 g/mol. The zero-order valence-corrected chi connectivity index (χ0v) is 18.0. The molecule has 0 aromatic heterocycles. The van der Waals surface area contributed by atoms with Gasteiger partial charge in [0.05, 0.1) is 16.1 Å². The van der Waals surface area contributed by atoms with Crippen LogP contribution < -0.4 is 10.2 Å². The minimum Gasteiger partial charge on any atom is -0.324 e. The molecule has 30 heavy (non-hydrogen) atoms. The molecule has 1 aliphatic rings. The summed E-state index contributed by atoms with van der Waals surface area (Å²) in [4.78, 5) is 39.3. The minimum atomic E-state index is -3.58. The van der Waals surface area contributed by atoms with Crippen LogP contribution in [0.4, 0.5) is 11.4 Å². The maximum atomic E-state index is 13.0. The fourth-order valence-corrected chi connectivity index (χ4v) is 4.32. The van der Waals surface area contributed by atoms with Gasteiger partial charge in [-0.15, -0.1) is 0 Å². The first kappa shape index (κ1) is 21.7. The van der Waals surface area contributed by atoms with Crippen LogP contribution in [0.1, 0.15) is 29.3 Å². The van der Waals surface area contributed by atoms with Gasteiger partial charge in [0.1, 0.15) is 6.04 Å². The quantitative estimate of drug-likeness (QED) is 0.709. The van der Waals surface area contributed by atoms with E-state index < -0.39 is 33.7 Å². The molecule has 1 heterocycles. The van der Waals surface area contributed by atoms with Gasteiger partial charge in [0, 0.05) is 19.8 Å². The molecule has 0 fully saturated rings. The summed E-state index contributed by atoms with van der Waals surface area (Å²) in [5, 5.41) is 2.71. The zero-order valence-electron chi connectivity index (χ0n) is 17.2. The van der Waals surface area contributed by atoms with Crippen LogP contribution in [-0.2, 0) is 19.6 Å². The molecular formula is C21H23N3O5S. The van der Waals surface area contributed by atoms with Gasteiger partial charge in [-0.3, -0.25) is 19.3 Å². The summed E-state index contributed by atoms with van der Waals surface area (Å²) in [7, 11) is -0.706. The summed E-state index contributed by atoms with van der Waals surface area (Å²) in [6, 6.07) is 9.95. The second-order valence-electron chi connectivity index (χ2n) is 7.20. The number of carbonyl (C=O) groups excluding carboxylic acids is 3. The van der Waals surface area contributed by atoms with Crippen LogP contribution in [0.5, 0.6) is 0 Å². The average Bonchev–Trinajstić information content (AvgIpc) is 2.95. The molecule has 0 spiro atoms. The number of Topliss-reactive ketones (excluding diaryl/α,β-unsaturated/α-hetero) is 1. The maximum Gasteiger partial charge on any atom is 0.300 e. The highest BCUT2D eigenvalue weighted by atomic mass is 32.2. The Kier molecular flexibility index (Phi) is 5.78. The van der Waals surface area contributed by atoms with Gasteiger partial charge in [-0.05, 0) is 49.2 Å². The summed E-state index contributed by atoms with van der Waals surface area (Å²) in [5.74, 6) is -1.81. The van der Waals surface area contributed by atoms with Crippen molar-refractivity contribution in [1.29, 1.82) is 0 Å². The van der Waals surface area contributed by atoms with Crippen molar-refractivity contribution in [1.82, 2.24) is 4.31 Å². The monoisotopic (exact) mass is 429 g/mol. The number of carbonyl (C=O) groups is 3. The first-order chi connectivity index (χ1) is 14.1.